The number of aliphatic carboxylic acids is 1. The van der Waals surface area contributed by atoms with Crippen LogP contribution in [0.15, 0.2) is 26.1 Å². The highest BCUT2D eigenvalue weighted by molar-refractivity contribution is 9.10. The van der Waals surface area contributed by atoms with Crippen molar-refractivity contribution in [1.82, 2.24) is 4.90 Å². The number of carbonyl (C=O) groups is 2. The third-order valence-electron chi connectivity index (χ3n) is 2.46. The fraction of sp³-hybridized carbons (Fsp3) is 0.182. The Morgan fingerprint density at radius 3 is 2.80 bits per heavy atom. The van der Waals surface area contributed by atoms with Crippen molar-refractivity contribution in [1.29, 1.82) is 0 Å². The van der Waals surface area contributed by atoms with Crippen LogP contribution in [0.3, 0.4) is 0 Å². The average molecular weight is 378 g/mol. The number of carboxylic acid groups (broad SMARTS) is 1. The molecule has 6 nitrogen and oxygen atoms in total. The topological polar surface area (TPSA) is 91.0 Å². The quantitative estimate of drug-likeness (QED) is 0.609. The van der Waals surface area contributed by atoms with Crippen LogP contribution in [0, 0.1) is 0 Å². The highest BCUT2D eigenvalue weighted by atomic mass is 79.9. The van der Waals surface area contributed by atoms with Gasteiger partial charge in [-0.05, 0) is 28.1 Å². The van der Waals surface area contributed by atoms with Crippen LogP contribution >= 0.6 is 39.9 Å². The fourth-order valence-corrected chi connectivity index (χ4v) is 3.21. The van der Waals surface area contributed by atoms with E-state index in [9.17, 15) is 9.59 Å². The number of aliphatic hydroxyl groups excluding tert-OH is 1. The van der Waals surface area contributed by atoms with Crippen molar-refractivity contribution < 1.29 is 24.2 Å². The predicted molar refractivity (Wildman–Crippen MR) is 79.9 cm³/mol. The first-order valence-electron chi connectivity index (χ1n) is 5.30. The van der Waals surface area contributed by atoms with Gasteiger partial charge < -0.3 is 14.6 Å². The van der Waals surface area contributed by atoms with Crippen molar-refractivity contribution in [2.24, 2.45) is 0 Å². The first-order chi connectivity index (χ1) is 9.43. The Labute approximate surface area is 131 Å². The van der Waals surface area contributed by atoms with Crippen LogP contribution in [0.1, 0.15) is 5.76 Å². The Morgan fingerprint density at radius 1 is 1.60 bits per heavy atom. The van der Waals surface area contributed by atoms with Gasteiger partial charge in [0.1, 0.15) is 10.1 Å². The summed E-state index contributed by atoms with van der Waals surface area (Å²) in [4.78, 5) is 24.3. The standard InChI is InChI=1S/C11H8BrNO5S2/c12-8-2-1-5(18-8)3-7-9(15)13(11(19)20-7)6(4-14)10(16)17/h1-3,6,14H,4H2,(H,16,17). The van der Waals surface area contributed by atoms with Crippen LogP contribution in [-0.4, -0.2) is 44.0 Å². The maximum absolute atomic E-state index is 12.2. The maximum atomic E-state index is 12.2. The largest absolute Gasteiger partial charge is 0.480 e. The van der Waals surface area contributed by atoms with Crippen LogP contribution < -0.4 is 0 Å². The second kappa shape index (κ2) is 6.08. The van der Waals surface area contributed by atoms with Gasteiger partial charge in [-0.25, -0.2) is 4.79 Å². The van der Waals surface area contributed by atoms with Crippen LogP contribution in [0.4, 0.5) is 0 Å². The van der Waals surface area contributed by atoms with E-state index in [-0.39, 0.29) is 9.23 Å². The highest BCUT2D eigenvalue weighted by Gasteiger charge is 2.40. The van der Waals surface area contributed by atoms with Crippen molar-refractivity contribution in [2.75, 3.05) is 6.61 Å². The molecule has 20 heavy (non-hydrogen) atoms. The molecule has 1 aliphatic heterocycles. The van der Waals surface area contributed by atoms with E-state index in [1.807, 2.05) is 0 Å². The summed E-state index contributed by atoms with van der Waals surface area (Å²) < 4.78 is 5.85. The molecule has 1 unspecified atom stereocenters. The molecule has 0 aromatic carbocycles. The van der Waals surface area contributed by atoms with Crippen molar-refractivity contribution in [3.63, 3.8) is 0 Å². The second-order valence-corrected chi connectivity index (χ2v) is 6.19. The predicted octanol–water partition coefficient (Wildman–Crippen LogP) is 1.69. The molecule has 0 spiro atoms. The minimum absolute atomic E-state index is 0.0910. The molecule has 1 saturated heterocycles. The lowest BCUT2D eigenvalue weighted by atomic mass is 10.2. The number of hydrogen-bond donors (Lipinski definition) is 2. The molecule has 1 aromatic heterocycles. The Balaban J connectivity index is 2.29. The van der Waals surface area contributed by atoms with E-state index in [4.69, 9.17) is 26.8 Å². The number of nitrogens with zero attached hydrogens (tertiary/aromatic N) is 1. The lowest BCUT2D eigenvalue weighted by Gasteiger charge is -2.20. The number of hydrogen-bond acceptors (Lipinski definition) is 6. The summed E-state index contributed by atoms with van der Waals surface area (Å²) in [6.07, 6.45) is 1.47. The maximum Gasteiger partial charge on any atom is 0.329 e. The van der Waals surface area contributed by atoms with E-state index >= 15 is 0 Å². The lowest BCUT2D eigenvalue weighted by Crippen LogP contribution is -2.46. The Bertz CT molecular complexity index is 612. The minimum atomic E-state index is -1.38. The van der Waals surface area contributed by atoms with E-state index in [1.54, 1.807) is 12.1 Å². The Hall–Kier alpha value is -1.16. The number of amides is 1. The molecular weight excluding hydrogens is 370 g/mol. The number of rotatable bonds is 4. The number of carbonyl (C=O) groups excluding carboxylic acids is 1. The summed E-state index contributed by atoms with van der Waals surface area (Å²) in [5.41, 5.74) is 0. The van der Waals surface area contributed by atoms with Gasteiger partial charge in [0.15, 0.2) is 10.7 Å². The van der Waals surface area contributed by atoms with Crippen LogP contribution in [-0.2, 0) is 9.59 Å². The summed E-state index contributed by atoms with van der Waals surface area (Å²) in [7, 11) is 0. The van der Waals surface area contributed by atoms with Crippen LogP contribution in [0.25, 0.3) is 6.08 Å². The highest BCUT2D eigenvalue weighted by Crippen LogP contribution is 2.34. The van der Waals surface area contributed by atoms with Gasteiger partial charge >= 0.3 is 5.97 Å². The third-order valence-corrected chi connectivity index (χ3v) is 4.22. The average Bonchev–Trinajstić information content (AvgIpc) is 2.89. The molecule has 1 fully saturated rings. The summed E-state index contributed by atoms with van der Waals surface area (Å²) >= 11 is 9.10. The normalized spacial score (nSPS) is 18.9. The molecule has 9 heteroatoms. The summed E-state index contributed by atoms with van der Waals surface area (Å²) in [6.45, 7) is -0.707. The molecule has 1 aliphatic rings. The van der Waals surface area contributed by atoms with Crippen molar-refractivity contribution in [3.8, 4) is 0 Å². The zero-order valence-electron chi connectivity index (χ0n) is 9.78. The van der Waals surface area contributed by atoms with Gasteiger partial charge in [-0.15, -0.1) is 0 Å². The molecule has 0 radical (unpaired) electrons. The Kier molecular flexibility index (Phi) is 4.63. The van der Waals surface area contributed by atoms with E-state index in [2.05, 4.69) is 15.9 Å². The lowest BCUT2D eigenvalue weighted by molar-refractivity contribution is -0.146. The summed E-state index contributed by atoms with van der Waals surface area (Å²) in [5.74, 6) is -1.44. The van der Waals surface area contributed by atoms with Crippen LogP contribution in [0.2, 0.25) is 0 Å². The molecule has 2 heterocycles. The van der Waals surface area contributed by atoms with E-state index in [0.29, 0.717) is 10.4 Å². The summed E-state index contributed by atoms with van der Waals surface area (Å²) in [6, 6.07) is 1.94. The van der Waals surface area contributed by atoms with Gasteiger partial charge in [-0.1, -0.05) is 24.0 Å². The third kappa shape index (κ3) is 2.95. The zero-order valence-corrected chi connectivity index (χ0v) is 13.0. The van der Waals surface area contributed by atoms with E-state index in [0.717, 1.165) is 16.7 Å². The number of carboxylic acids is 1. The van der Waals surface area contributed by atoms with Crippen LogP contribution in [0.5, 0.6) is 0 Å². The number of furan rings is 1. The van der Waals surface area contributed by atoms with Gasteiger partial charge in [0.05, 0.1) is 11.5 Å². The van der Waals surface area contributed by atoms with Crippen molar-refractivity contribution >= 4 is 62.2 Å². The molecule has 106 valence electrons. The first-order valence-corrected chi connectivity index (χ1v) is 7.32. The van der Waals surface area contributed by atoms with Gasteiger partial charge in [-0.3, -0.25) is 9.69 Å². The second-order valence-electron chi connectivity index (χ2n) is 3.73. The molecule has 0 bridgehead atoms. The van der Waals surface area contributed by atoms with E-state index < -0.39 is 24.5 Å². The molecular formula is C11H8BrNO5S2. The van der Waals surface area contributed by atoms with E-state index in [1.165, 1.54) is 6.08 Å². The van der Waals surface area contributed by atoms with Gasteiger partial charge in [0.2, 0.25) is 0 Å². The number of halogens is 1. The molecule has 1 amide bonds. The molecule has 0 saturated carbocycles. The van der Waals surface area contributed by atoms with Gasteiger partial charge in [-0.2, -0.15) is 0 Å². The first kappa shape index (κ1) is 15.2. The number of aliphatic hydroxyl groups is 1. The van der Waals surface area contributed by atoms with Gasteiger partial charge in [0, 0.05) is 6.08 Å². The number of thiocarbonyl (C=S) groups is 1. The SMILES string of the molecule is O=C(O)C(CO)N1C(=O)C(=Cc2ccc(Br)o2)SC1=S. The van der Waals surface area contributed by atoms with Crippen molar-refractivity contribution in [3.05, 3.63) is 27.5 Å². The minimum Gasteiger partial charge on any atom is -0.480 e. The molecule has 2 rings (SSSR count). The molecule has 0 aliphatic carbocycles. The molecule has 2 N–H and O–H groups in total. The monoisotopic (exact) mass is 377 g/mol. The van der Waals surface area contributed by atoms with Gasteiger partial charge in [0.25, 0.3) is 5.91 Å². The van der Waals surface area contributed by atoms with Crippen molar-refractivity contribution in [2.45, 2.75) is 6.04 Å². The smallest absolute Gasteiger partial charge is 0.329 e. The Morgan fingerprint density at radius 2 is 2.30 bits per heavy atom. The molecule has 1 atom stereocenters. The number of thioether (sulfide) groups is 1. The molecule has 1 aromatic rings. The zero-order chi connectivity index (χ0) is 14.9. The summed E-state index contributed by atoms with van der Waals surface area (Å²) in [5, 5.41) is 18.1. The fourth-order valence-electron chi connectivity index (χ4n) is 1.55.